The lowest BCUT2D eigenvalue weighted by Crippen LogP contribution is -2.00. The third kappa shape index (κ3) is 2.21. The van der Waals surface area contributed by atoms with Gasteiger partial charge in [-0.25, -0.2) is 0 Å². The van der Waals surface area contributed by atoms with Crippen LogP contribution in [-0.4, -0.2) is 4.98 Å². The highest BCUT2D eigenvalue weighted by molar-refractivity contribution is 5.90. The van der Waals surface area contributed by atoms with Crippen LogP contribution >= 0.6 is 0 Å². The number of allylic oxidation sites excluding steroid dienone is 2. The number of hydrogen-bond acceptors (Lipinski definition) is 1. The van der Waals surface area contributed by atoms with Crippen LogP contribution in [0.3, 0.4) is 0 Å². The highest BCUT2D eigenvalue weighted by Crippen LogP contribution is 2.36. The van der Waals surface area contributed by atoms with Gasteiger partial charge in [0.1, 0.15) is 0 Å². The minimum Gasteiger partial charge on any atom is -0.257 e. The van der Waals surface area contributed by atoms with Gasteiger partial charge in [0.2, 0.25) is 0 Å². The Morgan fingerprint density at radius 1 is 0.722 bits per heavy atom. The Labute approximate surface area is 108 Å². The van der Waals surface area contributed by atoms with Crippen LogP contribution < -0.4 is 0 Å². The zero-order valence-electron chi connectivity index (χ0n) is 10.5. The molecule has 0 unspecified atom stereocenters. The van der Waals surface area contributed by atoms with E-state index in [9.17, 15) is 0 Å². The minimum atomic E-state index is 1.15. The molecule has 1 aliphatic carbocycles. The second-order valence-corrected chi connectivity index (χ2v) is 4.75. The van der Waals surface area contributed by atoms with Gasteiger partial charge in [0.25, 0.3) is 0 Å². The molecule has 1 aromatic carbocycles. The molecule has 0 radical (unpaired) electrons. The number of hydrogen-bond donors (Lipinski definition) is 0. The van der Waals surface area contributed by atoms with E-state index in [4.69, 9.17) is 0 Å². The highest BCUT2D eigenvalue weighted by atomic mass is 14.7. The molecule has 0 aliphatic heterocycles. The van der Waals surface area contributed by atoms with Crippen molar-refractivity contribution < 1.29 is 0 Å². The lowest BCUT2D eigenvalue weighted by molar-refractivity contribution is 0.751. The zero-order chi connectivity index (χ0) is 12.2. The first-order valence-electron chi connectivity index (χ1n) is 6.64. The van der Waals surface area contributed by atoms with Crippen molar-refractivity contribution in [2.75, 3.05) is 0 Å². The fourth-order valence-corrected chi connectivity index (χ4v) is 2.69. The van der Waals surface area contributed by atoms with Gasteiger partial charge >= 0.3 is 0 Å². The smallest absolute Gasteiger partial charge is 0.0664 e. The lowest BCUT2D eigenvalue weighted by Gasteiger charge is -2.20. The van der Waals surface area contributed by atoms with E-state index in [-0.39, 0.29) is 0 Å². The molecule has 90 valence electrons. The van der Waals surface area contributed by atoms with E-state index in [1.807, 2.05) is 12.3 Å². The summed E-state index contributed by atoms with van der Waals surface area (Å²) in [5.41, 5.74) is 5.43. The topological polar surface area (TPSA) is 12.9 Å². The molecule has 0 N–H and O–H groups in total. The Balaban J connectivity index is 2.10. The van der Waals surface area contributed by atoms with Crippen LogP contribution in [-0.2, 0) is 0 Å². The largest absolute Gasteiger partial charge is 0.257 e. The van der Waals surface area contributed by atoms with Crippen LogP contribution in [0.4, 0.5) is 0 Å². The van der Waals surface area contributed by atoms with E-state index in [0.717, 1.165) is 12.1 Å². The molecule has 0 spiro atoms. The van der Waals surface area contributed by atoms with Gasteiger partial charge in [0.05, 0.1) is 5.69 Å². The lowest BCUT2D eigenvalue weighted by atomic mass is 9.86. The fourth-order valence-electron chi connectivity index (χ4n) is 2.69. The van der Waals surface area contributed by atoms with Gasteiger partial charge < -0.3 is 0 Å². The van der Waals surface area contributed by atoms with E-state index in [1.165, 1.54) is 36.0 Å². The van der Waals surface area contributed by atoms with Crippen LogP contribution in [0.5, 0.6) is 0 Å². The second-order valence-electron chi connectivity index (χ2n) is 4.75. The number of rotatable bonds is 2. The van der Waals surface area contributed by atoms with Crippen molar-refractivity contribution >= 4 is 11.1 Å². The molecule has 1 aliphatic rings. The van der Waals surface area contributed by atoms with E-state index in [1.54, 1.807) is 0 Å². The molecule has 0 fully saturated rings. The zero-order valence-corrected chi connectivity index (χ0v) is 10.5. The van der Waals surface area contributed by atoms with Gasteiger partial charge in [-0.3, -0.25) is 4.98 Å². The number of aromatic nitrogens is 1. The Hall–Kier alpha value is -1.89. The predicted octanol–water partition coefficient (Wildman–Crippen LogP) is 4.57. The molecule has 0 bridgehead atoms. The molecule has 0 atom stereocenters. The maximum Gasteiger partial charge on any atom is 0.0664 e. The second kappa shape index (κ2) is 5.18. The van der Waals surface area contributed by atoms with Gasteiger partial charge in [0.15, 0.2) is 0 Å². The highest BCUT2D eigenvalue weighted by Gasteiger charge is 2.16. The Morgan fingerprint density at radius 3 is 2.17 bits per heavy atom. The van der Waals surface area contributed by atoms with Crippen molar-refractivity contribution in [1.82, 2.24) is 4.98 Å². The van der Waals surface area contributed by atoms with Crippen molar-refractivity contribution in [1.29, 1.82) is 0 Å². The van der Waals surface area contributed by atoms with Crippen LogP contribution in [0.1, 0.15) is 36.9 Å². The molecule has 2 aromatic rings. The van der Waals surface area contributed by atoms with E-state index in [2.05, 4.69) is 47.4 Å². The molecular formula is C17H17N. The van der Waals surface area contributed by atoms with Crippen molar-refractivity contribution in [2.24, 2.45) is 0 Å². The Kier molecular flexibility index (Phi) is 3.22. The summed E-state index contributed by atoms with van der Waals surface area (Å²) in [5, 5.41) is 0. The number of benzene rings is 1. The minimum absolute atomic E-state index is 1.15. The molecule has 1 aromatic heterocycles. The van der Waals surface area contributed by atoms with E-state index in [0.29, 0.717) is 0 Å². The van der Waals surface area contributed by atoms with E-state index < -0.39 is 0 Å². The first-order chi connectivity index (χ1) is 8.95. The summed E-state index contributed by atoms with van der Waals surface area (Å²) in [4.78, 5) is 4.52. The van der Waals surface area contributed by atoms with E-state index >= 15 is 0 Å². The summed E-state index contributed by atoms with van der Waals surface area (Å²) in [6.07, 6.45) is 6.79. The molecule has 1 heteroatoms. The SMILES string of the molecule is c1ccc(C2=C(c3ccccn3)CCCC2)cc1. The molecule has 0 saturated carbocycles. The standard InChI is InChI=1S/C17H17N/c1-2-8-14(9-3-1)15-10-4-5-11-16(15)17-12-6-7-13-18-17/h1-3,6-9,12-13H,4-5,10-11H2. The fraction of sp³-hybridized carbons (Fsp3) is 0.235. The Morgan fingerprint density at radius 2 is 1.44 bits per heavy atom. The summed E-state index contributed by atoms with van der Waals surface area (Å²) in [5.74, 6) is 0. The molecule has 1 heterocycles. The molecule has 1 nitrogen and oxygen atoms in total. The van der Waals surface area contributed by atoms with Crippen LogP contribution in [0.25, 0.3) is 11.1 Å². The summed E-state index contributed by atoms with van der Waals surface area (Å²) in [6.45, 7) is 0. The quantitative estimate of drug-likeness (QED) is 0.743. The van der Waals surface area contributed by atoms with Crippen LogP contribution in [0.2, 0.25) is 0 Å². The van der Waals surface area contributed by atoms with Crippen molar-refractivity contribution in [2.45, 2.75) is 25.7 Å². The van der Waals surface area contributed by atoms with Gasteiger partial charge in [-0.1, -0.05) is 36.4 Å². The normalized spacial score (nSPS) is 15.8. The average Bonchev–Trinajstić information content (AvgIpc) is 2.49. The first kappa shape index (κ1) is 11.2. The van der Waals surface area contributed by atoms with Gasteiger partial charge in [-0.15, -0.1) is 0 Å². The van der Waals surface area contributed by atoms with Gasteiger partial charge in [-0.2, -0.15) is 0 Å². The molecule has 0 saturated heterocycles. The summed E-state index contributed by atoms with van der Waals surface area (Å²) >= 11 is 0. The first-order valence-corrected chi connectivity index (χ1v) is 6.64. The summed E-state index contributed by atoms with van der Waals surface area (Å²) in [7, 11) is 0. The van der Waals surface area contributed by atoms with Crippen LogP contribution in [0.15, 0.2) is 54.7 Å². The van der Waals surface area contributed by atoms with Crippen molar-refractivity contribution in [3.05, 3.63) is 66.0 Å². The summed E-state index contributed by atoms with van der Waals surface area (Å²) < 4.78 is 0. The number of nitrogens with zero attached hydrogens (tertiary/aromatic N) is 1. The molecular weight excluding hydrogens is 218 g/mol. The number of pyridine rings is 1. The van der Waals surface area contributed by atoms with Crippen LogP contribution in [0, 0.1) is 0 Å². The molecule has 0 amide bonds. The summed E-state index contributed by atoms with van der Waals surface area (Å²) in [6, 6.07) is 16.9. The molecule has 18 heavy (non-hydrogen) atoms. The predicted molar refractivity (Wildman–Crippen MR) is 76.0 cm³/mol. The average molecular weight is 235 g/mol. The van der Waals surface area contributed by atoms with Crippen molar-refractivity contribution in [3.63, 3.8) is 0 Å². The molecule has 3 rings (SSSR count). The van der Waals surface area contributed by atoms with Gasteiger partial charge in [-0.05, 0) is 54.5 Å². The maximum absolute atomic E-state index is 4.52. The van der Waals surface area contributed by atoms with Crippen molar-refractivity contribution in [3.8, 4) is 0 Å². The van der Waals surface area contributed by atoms with Gasteiger partial charge in [0, 0.05) is 6.20 Å². The maximum atomic E-state index is 4.52. The third-order valence-corrected chi connectivity index (χ3v) is 3.56. The Bertz CT molecular complexity index is 489. The monoisotopic (exact) mass is 235 g/mol. The third-order valence-electron chi connectivity index (χ3n) is 3.56.